The first kappa shape index (κ1) is 14.0. The van der Waals surface area contributed by atoms with E-state index in [4.69, 9.17) is 10.8 Å². The van der Waals surface area contributed by atoms with Crippen molar-refractivity contribution in [3.05, 3.63) is 0 Å². The molecule has 0 radical (unpaired) electrons. The van der Waals surface area contributed by atoms with Gasteiger partial charge in [-0.05, 0) is 25.2 Å². The van der Waals surface area contributed by atoms with Gasteiger partial charge in [0.2, 0.25) is 5.91 Å². The fourth-order valence-electron chi connectivity index (χ4n) is 2.22. The number of aliphatic carboxylic acids is 1. The van der Waals surface area contributed by atoms with Crippen molar-refractivity contribution in [1.29, 1.82) is 0 Å². The number of rotatable bonds is 4. The van der Waals surface area contributed by atoms with Gasteiger partial charge in [0, 0.05) is 13.1 Å². The summed E-state index contributed by atoms with van der Waals surface area (Å²) in [4.78, 5) is 24.5. The molecule has 0 aromatic carbocycles. The number of hydrogen-bond donors (Lipinski definition) is 2. The number of hydrogen-bond acceptors (Lipinski definition) is 3. The van der Waals surface area contributed by atoms with E-state index in [1.165, 1.54) is 0 Å². The summed E-state index contributed by atoms with van der Waals surface area (Å²) in [5.41, 5.74) is 5.83. The summed E-state index contributed by atoms with van der Waals surface area (Å²) in [5, 5.41) is 8.95. The smallest absolute Gasteiger partial charge is 0.308 e. The van der Waals surface area contributed by atoms with Crippen molar-refractivity contribution >= 4 is 11.9 Å². The van der Waals surface area contributed by atoms with Gasteiger partial charge < -0.3 is 15.7 Å². The van der Waals surface area contributed by atoms with Crippen LogP contribution in [0.2, 0.25) is 0 Å². The maximum Gasteiger partial charge on any atom is 0.308 e. The van der Waals surface area contributed by atoms with Crippen LogP contribution in [0.15, 0.2) is 0 Å². The van der Waals surface area contributed by atoms with Gasteiger partial charge in [-0.1, -0.05) is 13.8 Å². The minimum atomic E-state index is -0.820. The van der Waals surface area contributed by atoms with Gasteiger partial charge in [-0.2, -0.15) is 0 Å². The van der Waals surface area contributed by atoms with E-state index in [2.05, 4.69) is 0 Å². The van der Waals surface area contributed by atoms with E-state index in [0.717, 1.165) is 6.42 Å². The Hall–Kier alpha value is -1.10. The molecule has 1 aliphatic heterocycles. The van der Waals surface area contributed by atoms with E-state index in [1.54, 1.807) is 4.90 Å². The second kappa shape index (κ2) is 6.00. The molecule has 1 saturated heterocycles. The topological polar surface area (TPSA) is 83.6 Å². The number of carboxylic acid groups (broad SMARTS) is 1. The molecule has 2 atom stereocenters. The number of amides is 1. The van der Waals surface area contributed by atoms with Gasteiger partial charge >= 0.3 is 5.97 Å². The molecular formula is C12H22N2O3. The molecule has 0 spiro atoms. The van der Waals surface area contributed by atoms with Crippen LogP contribution in [0.4, 0.5) is 0 Å². The third kappa shape index (κ3) is 4.00. The van der Waals surface area contributed by atoms with E-state index in [1.807, 2.05) is 13.8 Å². The van der Waals surface area contributed by atoms with Gasteiger partial charge in [-0.3, -0.25) is 9.59 Å². The average Bonchev–Trinajstić information content (AvgIpc) is 2.27. The number of likely N-dealkylation sites (tertiary alicyclic amines) is 1. The van der Waals surface area contributed by atoms with Gasteiger partial charge in [0.15, 0.2) is 0 Å². The van der Waals surface area contributed by atoms with Crippen molar-refractivity contribution in [2.45, 2.75) is 39.2 Å². The lowest BCUT2D eigenvalue weighted by molar-refractivity contribution is -0.146. The predicted octanol–water partition coefficient (Wildman–Crippen LogP) is 0.683. The van der Waals surface area contributed by atoms with Gasteiger partial charge in [-0.15, -0.1) is 0 Å². The monoisotopic (exact) mass is 242 g/mol. The lowest BCUT2D eigenvalue weighted by atomic mass is 9.96. The van der Waals surface area contributed by atoms with Crippen LogP contribution in [0.5, 0.6) is 0 Å². The SMILES string of the molecule is CC(C)C[C@@H](N)C(=O)N1CCC[C@@H](C(=O)O)C1. The summed E-state index contributed by atoms with van der Waals surface area (Å²) in [6.45, 7) is 4.97. The molecule has 98 valence electrons. The third-order valence-corrected chi connectivity index (χ3v) is 3.12. The molecule has 0 bridgehead atoms. The Labute approximate surface area is 102 Å². The van der Waals surface area contributed by atoms with Crippen LogP contribution >= 0.6 is 0 Å². The molecule has 1 rings (SSSR count). The summed E-state index contributed by atoms with van der Waals surface area (Å²) >= 11 is 0. The summed E-state index contributed by atoms with van der Waals surface area (Å²) in [5.74, 6) is -0.988. The summed E-state index contributed by atoms with van der Waals surface area (Å²) in [6, 6.07) is -0.498. The van der Waals surface area contributed by atoms with Crippen molar-refractivity contribution in [3.63, 3.8) is 0 Å². The molecule has 1 amide bonds. The van der Waals surface area contributed by atoms with Crippen LogP contribution in [-0.4, -0.2) is 41.0 Å². The Morgan fingerprint density at radius 1 is 1.47 bits per heavy atom. The second-order valence-electron chi connectivity index (χ2n) is 5.20. The number of carboxylic acids is 1. The highest BCUT2D eigenvalue weighted by molar-refractivity contribution is 5.82. The number of carbonyl (C=O) groups excluding carboxylic acids is 1. The Morgan fingerprint density at radius 2 is 2.12 bits per heavy atom. The van der Waals surface area contributed by atoms with Gasteiger partial charge in [-0.25, -0.2) is 0 Å². The molecule has 17 heavy (non-hydrogen) atoms. The number of piperidine rings is 1. The maximum absolute atomic E-state index is 12.0. The third-order valence-electron chi connectivity index (χ3n) is 3.12. The highest BCUT2D eigenvalue weighted by atomic mass is 16.4. The number of nitrogens with zero attached hydrogens (tertiary/aromatic N) is 1. The van der Waals surface area contributed by atoms with Crippen LogP contribution < -0.4 is 5.73 Å². The zero-order chi connectivity index (χ0) is 13.0. The van der Waals surface area contributed by atoms with Crippen LogP contribution in [0.1, 0.15) is 33.1 Å². The standard InChI is InChI=1S/C12H22N2O3/c1-8(2)6-10(13)11(15)14-5-3-4-9(7-14)12(16)17/h8-10H,3-7,13H2,1-2H3,(H,16,17)/t9-,10-/m1/s1. The molecule has 1 fully saturated rings. The number of nitrogens with two attached hydrogens (primary N) is 1. The molecule has 1 heterocycles. The fourth-order valence-corrected chi connectivity index (χ4v) is 2.22. The largest absolute Gasteiger partial charge is 0.481 e. The minimum absolute atomic E-state index is 0.107. The van der Waals surface area contributed by atoms with Crippen LogP contribution in [0.3, 0.4) is 0 Å². The van der Waals surface area contributed by atoms with Gasteiger partial charge in [0.25, 0.3) is 0 Å². The van der Waals surface area contributed by atoms with Crippen LogP contribution in [0.25, 0.3) is 0 Å². The van der Waals surface area contributed by atoms with Gasteiger partial charge in [0.05, 0.1) is 12.0 Å². The van der Waals surface area contributed by atoms with E-state index in [-0.39, 0.29) is 5.91 Å². The average molecular weight is 242 g/mol. The normalized spacial score (nSPS) is 22.6. The minimum Gasteiger partial charge on any atom is -0.481 e. The van der Waals surface area contributed by atoms with E-state index in [0.29, 0.717) is 31.8 Å². The quantitative estimate of drug-likeness (QED) is 0.759. The Kier molecular flexibility index (Phi) is 4.93. The molecule has 0 aliphatic carbocycles. The molecule has 0 aromatic rings. The molecular weight excluding hydrogens is 220 g/mol. The summed E-state index contributed by atoms with van der Waals surface area (Å²) < 4.78 is 0. The first-order valence-corrected chi connectivity index (χ1v) is 6.19. The van der Waals surface area contributed by atoms with E-state index in [9.17, 15) is 9.59 Å². The Morgan fingerprint density at radius 3 is 2.65 bits per heavy atom. The van der Waals surface area contributed by atoms with Crippen LogP contribution in [-0.2, 0) is 9.59 Å². The molecule has 0 unspecified atom stereocenters. The summed E-state index contributed by atoms with van der Waals surface area (Å²) in [7, 11) is 0. The van der Waals surface area contributed by atoms with Gasteiger partial charge in [0.1, 0.15) is 0 Å². The lowest BCUT2D eigenvalue weighted by Crippen LogP contribution is -2.49. The van der Waals surface area contributed by atoms with E-state index < -0.39 is 17.9 Å². The predicted molar refractivity (Wildman–Crippen MR) is 64.4 cm³/mol. The maximum atomic E-state index is 12.0. The molecule has 0 aromatic heterocycles. The fraction of sp³-hybridized carbons (Fsp3) is 0.833. The second-order valence-corrected chi connectivity index (χ2v) is 5.20. The van der Waals surface area contributed by atoms with Crippen LogP contribution in [0, 0.1) is 11.8 Å². The number of carbonyl (C=O) groups is 2. The molecule has 1 aliphatic rings. The van der Waals surface area contributed by atoms with Crippen molar-refractivity contribution < 1.29 is 14.7 Å². The highest BCUT2D eigenvalue weighted by Gasteiger charge is 2.30. The molecule has 5 heteroatoms. The molecule has 0 saturated carbocycles. The molecule has 3 N–H and O–H groups in total. The van der Waals surface area contributed by atoms with Crippen molar-refractivity contribution in [1.82, 2.24) is 4.90 Å². The Bertz CT molecular complexity index is 291. The zero-order valence-electron chi connectivity index (χ0n) is 10.6. The first-order chi connectivity index (χ1) is 7.91. The van der Waals surface area contributed by atoms with Crippen molar-refractivity contribution in [2.24, 2.45) is 17.6 Å². The lowest BCUT2D eigenvalue weighted by Gasteiger charge is -2.32. The molecule has 5 nitrogen and oxygen atoms in total. The van der Waals surface area contributed by atoms with E-state index >= 15 is 0 Å². The van der Waals surface area contributed by atoms with Crippen molar-refractivity contribution in [2.75, 3.05) is 13.1 Å². The zero-order valence-corrected chi connectivity index (χ0v) is 10.6. The Balaban J connectivity index is 2.54. The highest BCUT2D eigenvalue weighted by Crippen LogP contribution is 2.18. The van der Waals surface area contributed by atoms with Crippen molar-refractivity contribution in [3.8, 4) is 0 Å². The first-order valence-electron chi connectivity index (χ1n) is 6.19. The summed E-state index contributed by atoms with van der Waals surface area (Å²) in [6.07, 6.45) is 2.04.